The van der Waals surface area contributed by atoms with E-state index in [0.29, 0.717) is 6.54 Å². The van der Waals surface area contributed by atoms with Gasteiger partial charge in [-0.05, 0) is 18.4 Å². The van der Waals surface area contributed by atoms with Crippen LogP contribution in [-0.2, 0) is 0 Å². The molecule has 0 bridgehead atoms. The molecule has 2 N–H and O–H groups in total. The normalized spacial score (nSPS) is 10.2. The Hall–Kier alpha value is -1.36. The number of amides is 2. The third-order valence-corrected chi connectivity index (χ3v) is 2.05. The summed E-state index contributed by atoms with van der Waals surface area (Å²) in [6.45, 7) is 2.45. The van der Waals surface area contributed by atoms with Crippen molar-refractivity contribution in [2.45, 2.75) is 6.92 Å². The van der Waals surface area contributed by atoms with Crippen molar-refractivity contribution >= 4 is 23.6 Å². The van der Waals surface area contributed by atoms with Gasteiger partial charge < -0.3 is 5.32 Å². The van der Waals surface area contributed by atoms with Crippen LogP contribution in [0.25, 0.3) is 0 Å². The Morgan fingerprint density at radius 1 is 1.77 bits per heavy atom. The van der Waals surface area contributed by atoms with Gasteiger partial charge in [0.15, 0.2) is 0 Å². The number of carbonyl (C=O) groups excluding carboxylic acids is 1. The number of rotatable bonds is 3. The monoisotopic (exact) mass is 197 g/mol. The highest BCUT2D eigenvalue weighted by molar-refractivity contribution is 7.11. The molecule has 1 aromatic heterocycles. The molecule has 0 spiro atoms. The molecule has 0 saturated carbocycles. The maximum Gasteiger partial charge on any atom is 0.335 e. The number of nitrogens with one attached hydrogen (secondary N) is 2. The summed E-state index contributed by atoms with van der Waals surface area (Å²) >= 11 is 1.57. The molecule has 0 radical (unpaired) electrons. The Labute approximate surface area is 80.7 Å². The van der Waals surface area contributed by atoms with Gasteiger partial charge in [0, 0.05) is 11.4 Å². The average molecular weight is 197 g/mol. The molecule has 13 heavy (non-hydrogen) atoms. The second-order valence-electron chi connectivity index (χ2n) is 2.24. The second kappa shape index (κ2) is 5.31. The topological polar surface area (TPSA) is 53.5 Å². The second-order valence-corrected chi connectivity index (χ2v) is 3.22. The van der Waals surface area contributed by atoms with Crippen LogP contribution in [0.5, 0.6) is 0 Å². The fourth-order valence-corrected chi connectivity index (χ4v) is 1.30. The molecule has 0 aliphatic rings. The Kier molecular flexibility index (Phi) is 3.98. The lowest BCUT2D eigenvalue weighted by molar-refractivity contribution is 0.242. The van der Waals surface area contributed by atoms with Crippen LogP contribution in [0.1, 0.15) is 11.8 Å². The number of thiophene rings is 1. The summed E-state index contributed by atoms with van der Waals surface area (Å²) in [6, 6.07) is 3.57. The summed E-state index contributed by atoms with van der Waals surface area (Å²) in [7, 11) is 0. The Morgan fingerprint density at radius 2 is 2.62 bits per heavy atom. The van der Waals surface area contributed by atoms with E-state index in [1.807, 2.05) is 24.4 Å². The average Bonchev–Trinajstić information content (AvgIpc) is 2.57. The van der Waals surface area contributed by atoms with Crippen molar-refractivity contribution in [1.82, 2.24) is 10.7 Å². The summed E-state index contributed by atoms with van der Waals surface area (Å²) in [4.78, 5) is 11.8. The molecular formula is C8H11N3OS. The Bertz CT molecular complexity index is 282. The van der Waals surface area contributed by atoms with Crippen LogP contribution >= 0.6 is 11.3 Å². The lowest BCUT2D eigenvalue weighted by Crippen LogP contribution is -2.31. The summed E-state index contributed by atoms with van der Waals surface area (Å²) in [5, 5.41) is 8.27. The van der Waals surface area contributed by atoms with E-state index in [2.05, 4.69) is 15.8 Å². The zero-order chi connectivity index (χ0) is 9.52. The highest BCUT2D eigenvalue weighted by Crippen LogP contribution is 2.03. The van der Waals surface area contributed by atoms with Gasteiger partial charge in [0.1, 0.15) is 0 Å². The smallest absolute Gasteiger partial charge is 0.335 e. The third-order valence-electron chi connectivity index (χ3n) is 1.24. The number of hydrogen-bond acceptors (Lipinski definition) is 3. The van der Waals surface area contributed by atoms with Gasteiger partial charge in [-0.3, -0.25) is 0 Å². The van der Waals surface area contributed by atoms with Crippen molar-refractivity contribution in [1.29, 1.82) is 0 Å². The van der Waals surface area contributed by atoms with E-state index >= 15 is 0 Å². The quantitative estimate of drug-likeness (QED) is 0.558. The molecule has 0 unspecified atom stereocenters. The van der Waals surface area contributed by atoms with E-state index in [1.54, 1.807) is 17.6 Å². The molecule has 2 amide bonds. The van der Waals surface area contributed by atoms with Gasteiger partial charge in [0.25, 0.3) is 0 Å². The minimum absolute atomic E-state index is 0.282. The Balaban J connectivity index is 2.30. The van der Waals surface area contributed by atoms with Crippen LogP contribution in [-0.4, -0.2) is 18.8 Å². The number of carbonyl (C=O) groups is 1. The first-order valence-corrected chi connectivity index (χ1v) is 4.81. The minimum Gasteiger partial charge on any atom is -0.337 e. The van der Waals surface area contributed by atoms with Crippen LogP contribution in [0.15, 0.2) is 22.6 Å². The van der Waals surface area contributed by atoms with Gasteiger partial charge in [-0.15, -0.1) is 11.3 Å². The van der Waals surface area contributed by atoms with Gasteiger partial charge in [-0.25, -0.2) is 10.2 Å². The maximum absolute atomic E-state index is 10.8. The van der Waals surface area contributed by atoms with Crippen molar-refractivity contribution in [3.05, 3.63) is 22.4 Å². The van der Waals surface area contributed by atoms with Crippen LogP contribution < -0.4 is 10.7 Å². The summed E-state index contributed by atoms with van der Waals surface area (Å²) in [5.74, 6) is 0. The molecule has 70 valence electrons. The van der Waals surface area contributed by atoms with Gasteiger partial charge in [0.05, 0.1) is 6.21 Å². The molecule has 1 heterocycles. The van der Waals surface area contributed by atoms with Crippen LogP contribution in [0.4, 0.5) is 4.79 Å². The molecule has 0 saturated heterocycles. The van der Waals surface area contributed by atoms with E-state index in [4.69, 9.17) is 0 Å². The zero-order valence-electron chi connectivity index (χ0n) is 7.28. The molecule has 1 rings (SSSR count). The SMILES string of the molecule is CCNC(=O)N/N=C/c1cccs1. The lowest BCUT2D eigenvalue weighted by atomic mass is 10.5. The van der Waals surface area contributed by atoms with E-state index in [0.717, 1.165) is 4.88 Å². The van der Waals surface area contributed by atoms with Gasteiger partial charge in [0.2, 0.25) is 0 Å². The zero-order valence-corrected chi connectivity index (χ0v) is 8.10. The third kappa shape index (κ3) is 3.71. The van der Waals surface area contributed by atoms with Crippen molar-refractivity contribution in [2.75, 3.05) is 6.54 Å². The number of hydrazone groups is 1. The molecule has 5 heteroatoms. The first-order valence-electron chi connectivity index (χ1n) is 3.93. The molecule has 0 fully saturated rings. The van der Waals surface area contributed by atoms with E-state index < -0.39 is 0 Å². The molecule has 0 aromatic carbocycles. The first kappa shape index (κ1) is 9.73. The van der Waals surface area contributed by atoms with Gasteiger partial charge in [-0.2, -0.15) is 5.10 Å². The molecule has 4 nitrogen and oxygen atoms in total. The number of nitrogens with zero attached hydrogens (tertiary/aromatic N) is 1. The molecule has 0 aliphatic heterocycles. The minimum atomic E-state index is -0.282. The van der Waals surface area contributed by atoms with E-state index in [1.165, 1.54) is 0 Å². The molecule has 1 aromatic rings. The predicted octanol–water partition coefficient (Wildman–Crippen LogP) is 1.40. The lowest BCUT2D eigenvalue weighted by Gasteiger charge is -1.97. The molecule has 0 atom stereocenters. The van der Waals surface area contributed by atoms with Gasteiger partial charge >= 0.3 is 6.03 Å². The summed E-state index contributed by atoms with van der Waals surface area (Å²) in [6.07, 6.45) is 1.61. The van der Waals surface area contributed by atoms with Crippen molar-refractivity contribution in [3.63, 3.8) is 0 Å². The fourth-order valence-electron chi connectivity index (χ4n) is 0.719. The highest BCUT2D eigenvalue weighted by atomic mass is 32.1. The van der Waals surface area contributed by atoms with Crippen LogP contribution in [0.3, 0.4) is 0 Å². The van der Waals surface area contributed by atoms with Crippen molar-refractivity contribution in [3.8, 4) is 0 Å². The largest absolute Gasteiger partial charge is 0.337 e. The van der Waals surface area contributed by atoms with Crippen LogP contribution in [0.2, 0.25) is 0 Å². The van der Waals surface area contributed by atoms with E-state index in [-0.39, 0.29) is 6.03 Å². The Morgan fingerprint density at radius 3 is 3.23 bits per heavy atom. The van der Waals surface area contributed by atoms with Gasteiger partial charge in [-0.1, -0.05) is 6.07 Å². The highest BCUT2D eigenvalue weighted by Gasteiger charge is 1.92. The van der Waals surface area contributed by atoms with Crippen molar-refractivity contribution < 1.29 is 4.79 Å². The van der Waals surface area contributed by atoms with Crippen molar-refractivity contribution in [2.24, 2.45) is 5.10 Å². The summed E-state index contributed by atoms with van der Waals surface area (Å²) < 4.78 is 0. The van der Waals surface area contributed by atoms with E-state index in [9.17, 15) is 4.79 Å². The number of urea groups is 1. The fraction of sp³-hybridized carbons (Fsp3) is 0.250. The van der Waals surface area contributed by atoms with Crippen LogP contribution in [0, 0.1) is 0 Å². The predicted molar refractivity (Wildman–Crippen MR) is 54.1 cm³/mol. The molecule has 0 aliphatic carbocycles. The standard InChI is InChI=1S/C8H11N3OS/c1-2-9-8(12)11-10-6-7-4-3-5-13-7/h3-6H,2H2,1H3,(H2,9,11,12)/b10-6+. The molecular weight excluding hydrogens is 186 g/mol. The number of hydrogen-bond donors (Lipinski definition) is 2. The maximum atomic E-state index is 10.8. The summed E-state index contributed by atoms with van der Waals surface area (Å²) in [5.41, 5.74) is 2.35. The first-order chi connectivity index (χ1) is 6.33.